The van der Waals surface area contributed by atoms with E-state index in [0.717, 1.165) is 18.7 Å². The van der Waals surface area contributed by atoms with Gasteiger partial charge >= 0.3 is 5.97 Å². The maximum absolute atomic E-state index is 11.3. The average molecular weight is 276 g/mol. The number of aromatic carboxylic acids is 1. The molecule has 3 N–H and O–H groups in total. The van der Waals surface area contributed by atoms with Crippen LogP contribution in [0.5, 0.6) is 0 Å². The summed E-state index contributed by atoms with van der Waals surface area (Å²) in [6.45, 7) is 7.31. The van der Waals surface area contributed by atoms with Gasteiger partial charge in [0.1, 0.15) is 0 Å². The Morgan fingerprint density at radius 2 is 2.05 bits per heavy atom. The highest BCUT2D eigenvalue weighted by molar-refractivity contribution is 5.95. The van der Waals surface area contributed by atoms with E-state index in [1.165, 1.54) is 19.3 Å². The first-order valence-corrected chi connectivity index (χ1v) is 7.28. The molecule has 0 atom stereocenters. The lowest BCUT2D eigenvalue weighted by Gasteiger charge is -2.39. The number of rotatable bonds is 4. The number of carboxylic acid groups (broad SMARTS) is 1. The lowest BCUT2D eigenvalue weighted by atomic mass is 9.78. The summed E-state index contributed by atoms with van der Waals surface area (Å²) in [6.07, 6.45) is 3.56. The minimum atomic E-state index is -0.937. The van der Waals surface area contributed by atoms with Crippen molar-refractivity contribution in [3.8, 4) is 0 Å². The molecule has 0 saturated carbocycles. The van der Waals surface area contributed by atoms with E-state index in [4.69, 9.17) is 5.73 Å². The third-order valence-electron chi connectivity index (χ3n) is 4.71. The lowest BCUT2D eigenvalue weighted by molar-refractivity contribution is 0.0692. The predicted molar refractivity (Wildman–Crippen MR) is 80.7 cm³/mol. The topological polar surface area (TPSA) is 66.6 Å². The Hall–Kier alpha value is -1.55. The summed E-state index contributed by atoms with van der Waals surface area (Å²) in [5.74, 6) is -0.937. The Kier molecular flexibility index (Phi) is 4.33. The van der Waals surface area contributed by atoms with Gasteiger partial charge < -0.3 is 10.8 Å². The number of anilines is 1. The number of piperidine rings is 1. The van der Waals surface area contributed by atoms with Crippen LogP contribution in [0.15, 0.2) is 18.2 Å². The van der Waals surface area contributed by atoms with Gasteiger partial charge in [0.25, 0.3) is 0 Å². The second kappa shape index (κ2) is 5.83. The van der Waals surface area contributed by atoms with Gasteiger partial charge in [-0.2, -0.15) is 0 Å². The fourth-order valence-corrected chi connectivity index (χ4v) is 2.86. The first kappa shape index (κ1) is 14.9. The van der Waals surface area contributed by atoms with Gasteiger partial charge in [0.2, 0.25) is 0 Å². The van der Waals surface area contributed by atoms with Crippen LogP contribution in [-0.4, -0.2) is 29.1 Å². The summed E-state index contributed by atoms with van der Waals surface area (Å²) in [5, 5.41) is 9.30. The van der Waals surface area contributed by atoms with Gasteiger partial charge in [-0.3, -0.25) is 4.90 Å². The average Bonchev–Trinajstić information content (AvgIpc) is 2.41. The van der Waals surface area contributed by atoms with E-state index in [-0.39, 0.29) is 5.56 Å². The lowest BCUT2D eigenvalue weighted by Crippen LogP contribution is -2.38. The summed E-state index contributed by atoms with van der Waals surface area (Å²) >= 11 is 0. The molecule has 1 heterocycles. The van der Waals surface area contributed by atoms with Crippen molar-refractivity contribution >= 4 is 11.7 Å². The standard InChI is InChI=1S/C16H24N2O2/c1-3-16(2)7-9-18(10-8-16)11-12-5-4-6-13(17)14(12)15(19)20/h4-6H,3,7-11,17H2,1-2H3,(H,19,20). The molecule has 0 unspecified atom stereocenters. The van der Waals surface area contributed by atoms with Gasteiger partial charge in [-0.1, -0.05) is 32.4 Å². The SMILES string of the molecule is CCC1(C)CCN(Cc2cccc(N)c2C(=O)O)CC1. The highest BCUT2D eigenvalue weighted by Gasteiger charge is 2.28. The number of likely N-dealkylation sites (tertiary alicyclic amines) is 1. The van der Waals surface area contributed by atoms with E-state index in [2.05, 4.69) is 18.7 Å². The van der Waals surface area contributed by atoms with Crippen LogP contribution in [0.4, 0.5) is 5.69 Å². The Bertz CT molecular complexity index is 491. The van der Waals surface area contributed by atoms with E-state index in [0.29, 0.717) is 17.6 Å². The number of carbonyl (C=O) groups is 1. The quantitative estimate of drug-likeness (QED) is 0.830. The fraction of sp³-hybridized carbons (Fsp3) is 0.562. The van der Waals surface area contributed by atoms with Crippen molar-refractivity contribution < 1.29 is 9.90 Å². The smallest absolute Gasteiger partial charge is 0.338 e. The minimum absolute atomic E-state index is 0.260. The minimum Gasteiger partial charge on any atom is -0.478 e. The largest absolute Gasteiger partial charge is 0.478 e. The molecule has 20 heavy (non-hydrogen) atoms. The second-order valence-electron chi connectivity index (χ2n) is 6.13. The zero-order chi connectivity index (χ0) is 14.8. The van der Waals surface area contributed by atoms with Gasteiger partial charge in [0, 0.05) is 12.2 Å². The predicted octanol–water partition coefficient (Wildman–Crippen LogP) is 2.98. The summed E-state index contributed by atoms with van der Waals surface area (Å²) in [6, 6.07) is 5.35. The molecule has 1 aromatic rings. The second-order valence-corrected chi connectivity index (χ2v) is 6.13. The zero-order valence-electron chi connectivity index (χ0n) is 12.4. The fourth-order valence-electron chi connectivity index (χ4n) is 2.86. The van der Waals surface area contributed by atoms with Crippen molar-refractivity contribution in [3.05, 3.63) is 29.3 Å². The molecule has 0 amide bonds. The Morgan fingerprint density at radius 3 is 2.60 bits per heavy atom. The number of nitrogen functional groups attached to an aromatic ring is 1. The Balaban J connectivity index is 2.09. The molecule has 4 heteroatoms. The number of hydrogen-bond donors (Lipinski definition) is 2. The first-order chi connectivity index (χ1) is 9.45. The molecule has 1 aliphatic rings. The van der Waals surface area contributed by atoms with Crippen LogP contribution in [-0.2, 0) is 6.54 Å². The van der Waals surface area contributed by atoms with Crippen molar-refractivity contribution in [2.24, 2.45) is 5.41 Å². The van der Waals surface area contributed by atoms with E-state index in [1.54, 1.807) is 6.07 Å². The first-order valence-electron chi connectivity index (χ1n) is 7.28. The van der Waals surface area contributed by atoms with E-state index in [9.17, 15) is 9.90 Å². The maximum Gasteiger partial charge on any atom is 0.338 e. The van der Waals surface area contributed by atoms with E-state index < -0.39 is 5.97 Å². The highest BCUT2D eigenvalue weighted by Crippen LogP contribution is 2.34. The van der Waals surface area contributed by atoms with Gasteiger partial charge in [0.15, 0.2) is 0 Å². The highest BCUT2D eigenvalue weighted by atomic mass is 16.4. The van der Waals surface area contributed by atoms with Gasteiger partial charge in [0.05, 0.1) is 5.56 Å². The molecule has 110 valence electrons. The summed E-state index contributed by atoms with van der Waals surface area (Å²) in [5.41, 5.74) is 7.67. The summed E-state index contributed by atoms with van der Waals surface area (Å²) in [4.78, 5) is 13.7. The van der Waals surface area contributed by atoms with Gasteiger partial charge in [-0.05, 0) is 43.0 Å². The molecule has 1 saturated heterocycles. The molecule has 1 fully saturated rings. The molecule has 2 rings (SSSR count). The molecule has 0 aliphatic carbocycles. The van der Waals surface area contributed by atoms with Crippen LogP contribution >= 0.6 is 0 Å². The molecule has 0 spiro atoms. The van der Waals surface area contributed by atoms with Crippen LogP contribution in [0, 0.1) is 5.41 Å². The molecular weight excluding hydrogens is 252 g/mol. The molecule has 1 aliphatic heterocycles. The van der Waals surface area contributed by atoms with Crippen LogP contribution in [0.1, 0.15) is 49.0 Å². The Labute approximate surface area is 120 Å². The molecule has 4 nitrogen and oxygen atoms in total. The molecule has 1 aromatic carbocycles. The molecule has 0 aromatic heterocycles. The Morgan fingerprint density at radius 1 is 1.40 bits per heavy atom. The molecular formula is C16H24N2O2. The van der Waals surface area contributed by atoms with Crippen LogP contribution in [0.2, 0.25) is 0 Å². The van der Waals surface area contributed by atoms with Crippen molar-refractivity contribution in [2.45, 2.75) is 39.7 Å². The van der Waals surface area contributed by atoms with Crippen LogP contribution in [0.25, 0.3) is 0 Å². The van der Waals surface area contributed by atoms with Crippen LogP contribution in [0.3, 0.4) is 0 Å². The summed E-state index contributed by atoms with van der Waals surface area (Å²) < 4.78 is 0. The third-order valence-corrected chi connectivity index (χ3v) is 4.71. The number of benzene rings is 1. The summed E-state index contributed by atoms with van der Waals surface area (Å²) in [7, 11) is 0. The van der Waals surface area contributed by atoms with Crippen molar-refractivity contribution in [2.75, 3.05) is 18.8 Å². The zero-order valence-corrected chi connectivity index (χ0v) is 12.4. The third kappa shape index (κ3) is 3.12. The van der Waals surface area contributed by atoms with E-state index >= 15 is 0 Å². The molecule has 0 radical (unpaired) electrons. The maximum atomic E-state index is 11.3. The van der Waals surface area contributed by atoms with Gasteiger partial charge in [-0.15, -0.1) is 0 Å². The van der Waals surface area contributed by atoms with Crippen molar-refractivity contribution in [1.82, 2.24) is 4.90 Å². The number of carboxylic acids is 1. The van der Waals surface area contributed by atoms with Crippen molar-refractivity contribution in [3.63, 3.8) is 0 Å². The number of nitrogens with two attached hydrogens (primary N) is 1. The monoisotopic (exact) mass is 276 g/mol. The van der Waals surface area contributed by atoms with E-state index in [1.807, 2.05) is 12.1 Å². The van der Waals surface area contributed by atoms with Crippen molar-refractivity contribution in [1.29, 1.82) is 0 Å². The normalized spacial score (nSPS) is 18.9. The number of hydrogen-bond acceptors (Lipinski definition) is 3. The van der Waals surface area contributed by atoms with Crippen LogP contribution < -0.4 is 5.73 Å². The van der Waals surface area contributed by atoms with Gasteiger partial charge in [-0.25, -0.2) is 4.79 Å². The number of nitrogens with zero attached hydrogens (tertiary/aromatic N) is 1. The molecule has 0 bridgehead atoms.